The number of hydrogen-bond acceptors (Lipinski definition) is 2. The van der Waals surface area contributed by atoms with Gasteiger partial charge in [-0.3, -0.25) is 5.10 Å². The molecule has 3 nitrogen and oxygen atoms in total. The van der Waals surface area contributed by atoms with Crippen molar-refractivity contribution in [2.75, 3.05) is 0 Å². The van der Waals surface area contributed by atoms with E-state index in [1.807, 2.05) is 0 Å². The monoisotopic (exact) mass is 207 g/mol. The number of pyridine rings is 1. The summed E-state index contributed by atoms with van der Waals surface area (Å²) in [5, 5.41) is 7.83. The summed E-state index contributed by atoms with van der Waals surface area (Å²) in [4.78, 5) is 3.96. The van der Waals surface area contributed by atoms with E-state index in [-0.39, 0.29) is 11.2 Å². The van der Waals surface area contributed by atoms with Gasteiger partial charge < -0.3 is 0 Å². The van der Waals surface area contributed by atoms with Crippen LogP contribution >= 0.6 is 0 Å². The molecule has 0 atom stereocenters. The molecule has 0 bridgehead atoms. The van der Waals surface area contributed by atoms with Crippen LogP contribution in [-0.4, -0.2) is 15.2 Å². The van der Waals surface area contributed by atoms with Crippen LogP contribution in [0.4, 0.5) is 4.39 Å². The topological polar surface area (TPSA) is 41.6 Å². The molecule has 2 rings (SSSR count). The van der Waals surface area contributed by atoms with E-state index in [4.69, 9.17) is 0 Å². The van der Waals surface area contributed by atoms with Crippen molar-refractivity contribution in [2.45, 2.75) is 32.6 Å². The number of aromatic amines is 1. The molecule has 0 aromatic carbocycles. The molecule has 4 heteroatoms. The summed E-state index contributed by atoms with van der Waals surface area (Å²) in [5.41, 5.74) is 1.47. The number of hydrogen-bond donors (Lipinski definition) is 1. The van der Waals surface area contributed by atoms with E-state index in [1.165, 1.54) is 12.3 Å². The highest BCUT2D eigenvalue weighted by atomic mass is 19.1. The minimum Gasteiger partial charge on any atom is -0.261 e. The van der Waals surface area contributed by atoms with Crippen LogP contribution in [0.2, 0.25) is 0 Å². The summed E-state index contributed by atoms with van der Waals surface area (Å²) in [7, 11) is 0. The first-order chi connectivity index (χ1) is 7.04. The first-order valence-electron chi connectivity index (χ1n) is 5.04. The van der Waals surface area contributed by atoms with E-state index in [1.54, 1.807) is 0 Å². The highest BCUT2D eigenvalue weighted by Gasteiger charge is 2.24. The summed E-state index contributed by atoms with van der Waals surface area (Å²) < 4.78 is 13.1. The lowest BCUT2D eigenvalue weighted by Gasteiger charge is -2.19. The Labute approximate surface area is 87.7 Å². The lowest BCUT2D eigenvalue weighted by Crippen LogP contribution is -2.16. The second-order valence-corrected chi connectivity index (χ2v) is 4.36. The second-order valence-electron chi connectivity index (χ2n) is 4.36. The van der Waals surface area contributed by atoms with Gasteiger partial charge in [0, 0.05) is 10.8 Å². The molecule has 0 aliphatic rings. The van der Waals surface area contributed by atoms with Gasteiger partial charge >= 0.3 is 0 Å². The van der Waals surface area contributed by atoms with Crippen LogP contribution in [0.15, 0.2) is 12.3 Å². The Morgan fingerprint density at radius 1 is 1.47 bits per heavy atom. The van der Waals surface area contributed by atoms with Gasteiger partial charge in [-0.05, 0) is 12.5 Å². The largest absolute Gasteiger partial charge is 0.261 e. The van der Waals surface area contributed by atoms with Gasteiger partial charge in [0.2, 0.25) is 0 Å². The van der Waals surface area contributed by atoms with Crippen LogP contribution < -0.4 is 0 Å². The van der Waals surface area contributed by atoms with Crippen molar-refractivity contribution in [2.24, 2.45) is 0 Å². The fourth-order valence-electron chi connectivity index (χ4n) is 1.56. The molecule has 0 spiro atoms. The number of rotatable bonds is 2. The molecule has 0 radical (unpaired) electrons. The molecule has 2 heterocycles. The van der Waals surface area contributed by atoms with Crippen molar-refractivity contribution < 1.29 is 4.39 Å². The van der Waals surface area contributed by atoms with Gasteiger partial charge in [0.05, 0.1) is 11.9 Å². The fourth-order valence-corrected chi connectivity index (χ4v) is 1.56. The van der Waals surface area contributed by atoms with E-state index >= 15 is 0 Å². The normalized spacial score (nSPS) is 12.3. The minimum atomic E-state index is -0.322. The zero-order chi connectivity index (χ0) is 11.1. The second kappa shape index (κ2) is 3.29. The summed E-state index contributed by atoms with van der Waals surface area (Å²) in [6.07, 6.45) is 2.15. The molecule has 0 saturated carbocycles. The van der Waals surface area contributed by atoms with Gasteiger partial charge in [-0.25, -0.2) is 9.37 Å². The third-order valence-corrected chi connectivity index (χ3v) is 2.91. The van der Waals surface area contributed by atoms with Gasteiger partial charge in [-0.1, -0.05) is 20.8 Å². The van der Waals surface area contributed by atoms with E-state index < -0.39 is 0 Å². The average Bonchev–Trinajstić information content (AvgIpc) is 2.61. The highest BCUT2D eigenvalue weighted by molar-refractivity contribution is 5.78. The SMILES string of the molecule is CCC(C)(C)c1n[nH]c2ncc(F)cc12. The molecule has 80 valence electrons. The number of halogens is 1. The quantitative estimate of drug-likeness (QED) is 0.822. The van der Waals surface area contributed by atoms with Crippen LogP contribution in [0.5, 0.6) is 0 Å². The number of aromatic nitrogens is 3. The molecular formula is C11H14FN3. The van der Waals surface area contributed by atoms with Gasteiger partial charge in [-0.15, -0.1) is 0 Å². The zero-order valence-corrected chi connectivity index (χ0v) is 9.13. The van der Waals surface area contributed by atoms with Gasteiger partial charge in [-0.2, -0.15) is 5.10 Å². The molecule has 0 amide bonds. The van der Waals surface area contributed by atoms with Crippen LogP contribution in [0.3, 0.4) is 0 Å². The molecule has 2 aromatic rings. The summed E-state index contributed by atoms with van der Waals surface area (Å²) in [6, 6.07) is 1.48. The zero-order valence-electron chi connectivity index (χ0n) is 9.13. The van der Waals surface area contributed by atoms with Crippen LogP contribution in [0, 0.1) is 5.82 Å². The molecule has 0 aliphatic carbocycles. The van der Waals surface area contributed by atoms with Crippen molar-refractivity contribution in [1.82, 2.24) is 15.2 Å². The van der Waals surface area contributed by atoms with Crippen molar-refractivity contribution in [3.8, 4) is 0 Å². The predicted octanol–water partition coefficient (Wildman–Crippen LogP) is 2.78. The Morgan fingerprint density at radius 2 is 2.20 bits per heavy atom. The van der Waals surface area contributed by atoms with Crippen LogP contribution in [-0.2, 0) is 5.41 Å². The van der Waals surface area contributed by atoms with Gasteiger partial charge in [0.1, 0.15) is 5.82 Å². The van der Waals surface area contributed by atoms with Gasteiger partial charge in [0.15, 0.2) is 5.65 Å². The lowest BCUT2D eigenvalue weighted by molar-refractivity contribution is 0.493. The molecule has 2 aromatic heterocycles. The predicted molar refractivity (Wildman–Crippen MR) is 57.2 cm³/mol. The maximum Gasteiger partial charge on any atom is 0.155 e. The molecule has 0 aliphatic heterocycles. The standard InChI is InChI=1S/C11H14FN3/c1-4-11(2,3)9-8-5-7(12)6-13-10(8)15-14-9/h5-6H,4H2,1-3H3,(H,13,14,15). The summed E-state index contributed by atoms with van der Waals surface area (Å²) in [6.45, 7) is 6.27. The third kappa shape index (κ3) is 1.60. The Morgan fingerprint density at radius 3 is 2.87 bits per heavy atom. The average molecular weight is 207 g/mol. The van der Waals surface area contributed by atoms with E-state index in [0.29, 0.717) is 5.65 Å². The maximum absolute atomic E-state index is 13.1. The molecule has 0 unspecified atom stereocenters. The number of nitrogens with one attached hydrogen (secondary N) is 1. The molecular weight excluding hydrogens is 193 g/mol. The van der Waals surface area contributed by atoms with E-state index in [2.05, 4.69) is 36.0 Å². The Hall–Kier alpha value is -1.45. The number of H-pyrrole nitrogens is 1. The van der Waals surface area contributed by atoms with Crippen LogP contribution in [0.25, 0.3) is 11.0 Å². The molecule has 15 heavy (non-hydrogen) atoms. The van der Waals surface area contributed by atoms with Crippen molar-refractivity contribution in [3.05, 3.63) is 23.8 Å². The number of nitrogens with zero attached hydrogens (tertiary/aromatic N) is 2. The van der Waals surface area contributed by atoms with E-state index in [9.17, 15) is 4.39 Å². The Balaban J connectivity index is 2.67. The first kappa shape index (κ1) is 10.1. The Kier molecular flexibility index (Phi) is 2.21. The van der Waals surface area contributed by atoms with Gasteiger partial charge in [0.25, 0.3) is 0 Å². The Bertz CT molecular complexity index is 488. The van der Waals surface area contributed by atoms with Crippen molar-refractivity contribution in [1.29, 1.82) is 0 Å². The number of fused-ring (bicyclic) bond motifs is 1. The fraction of sp³-hybridized carbons (Fsp3) is 0.455. The van der Waals surface area contributed by atoms with Crippen molar-refractivity contribution in [3.63, 3.8) is 0 Å². The van der Waals surface area contributed by atoms with Crippen molar-refractivity contribution >= 4 is 11.0 Å². The van der Waals surface area contributed by atoms with E-state index in [0.717, 1.165) is 17.5 Å². The van der Waals surface area contributed by atoms with Crippen LogP contribution in [0.1, 0.15) is 32.9 Å². The molecule has 1 N–H and O–H groups in total. The third-order valence-electron chi connectivity index (χ3n) is 2.91. The smallest absolute Gasteiger partial charge is 0.155 e. The maximum atomic E-state index is 13.1. The molecule has 0 fully saturated rings. The summed E-state index contributed by atoms with van der Waals surface area (Å²) in [5.74, 6) is -0.322. The lowest BCUT2D eigenvalue weighted by atomic mass is 9.85. The molecule has 0 saturated heterocycles. The summed E-state index contributed by atoms with van der Waals surface area (Å²) >= 11 is 0. The highest BCUT2D eigenvalue weighted by Crippen LogP contribution is 2.30. The minimum absolute atomic E-state index is 0.0618. The first-order valence-corrected chi connectivity index (χ1v) is 5.04.